The average molecular weight is 669 g/mol. The van der Waals surface area contributed by atoms with Gasteiger partial charge in [0.1, 0.15) is 65.6 Å². The average Bonchev–Trinajstić information content (AvgIpc) is 3.07. The fraction of sp³-hybridized carbons (Fsp3) is 0.500. The summed E-state index contributed by atoms with van der Waals surface area (Å²) in [5.41, 5.74) is -0.615. The van der Waals surface area contributed by atoms with Gasteiger partial charge in [0.2, 0.25) is 11.2 Å². The van der Waals surface area contributed by atoms with Crippen molar-refractivity contribution < 1.29 is 78.8 Å². The number of fused-ring (bicyclic) bond motifs is 1. The first kappa shape index (κ1) is 34.7. The highest BCUT2D eigenvalue weighted by molar-refractivity contribution is 5.87. The second-order valence-corrected chi connectivity index (χ2v) is 11.0. The number of aromatic hydroxyl groups is 2. The first-order valence-corrected chi connectivity index (χ1v) is 14.4. The van der Waals surface area contributed by atoms with Gasteiger partial charge in [0.05, 0.1) is 34.0 Å². The highest BCUT2D eigenvalue weighted by atomic mass is 16.8. The van der Waals surface area contributed by atoms with Gasteiger partial charge in [0, 0.05) is 5.56 Å². The van der Waals surface area contributed by atoms with E-state index in [0.29, 0.717) is 11.5 Å². The Labute approximate surface area is 265 Å². The van der Waals surface area contributed by atoms with Crippen LogP contribution in [0.25, 0.3) is 22.3 Å². The molecular formula is C30H36O17. The lowest BCUT2D eigenvalue weighted by Gasteiger charge is -2.45. The summed E-state index contributed by atoms with van der Waals surface area (Å²) in [5, 5.41) is 92.2. The van der Waals surface area contributed by atoms with E-state index in [0.717, 1.165) is 6.07 Å². The molecule has 2 aromatic carbocycles. The van der Waals surface area contributed by atoms with Gasteiger partial charge in [-0.3, -0.25) is 4.79 Å². The molecule has 0 unspecified atom stereocenters. The van der Waals surface area contributed by atoms with Crippen LogP contribution in [-0.4, -0.2) is 135 Å². The zero-order valence-corrected chi connectivity index (χ0v) is 25.1. The van der Waals surface area contributed by atoms with Crippen LogP contribution in [0.3, 0.4) is 0 Å². The summed E-state index contributed by atoms with van der Waals surface area (Å²) in [6.07, 6.45) is -16.5. The van der Waals surface area contributed by atoms with Crippen molar-refractivity contribution in [1.29, 1.82) is 0 Å². The molecule has 9 N–H and O–H groups in total. The summed E-state index contributed by atoms with van der Waals surface area (Å²) in [5.74, 6) is -0.886. The molecule has 2 fully saturated rings. The lowest BCUT2D eigenvalue weighted by Crippen LogP contribution is -2.64. The maximum Gasteiger partial charge on any atom is 0.238 e. The van der Waals surface area contributed by atoms with Crippen LogP contribution in [-0.2, 0) is 25.6 Å². The summed E-state index contributed by atoms with van der Waals surface area (Å²) < 4.78 is 38.7. The number of aliphatic hydroxyl groups excluding tert-OH is 7. The van der Waals surface area contributed by atoms with Gasteiger partial charge in [0.15, 0.2) is 29.8 Å². The van der Waals surface area contributed by atoms with Crippen molar-refractivity contribution >= 4 is 11.0 Å². The van der Waals surface area contributed by atoms with Crippen molar-refractivity contribution in [1.82, 2.24) is 0 Å². The zero-order chi connectivity index (χ0) is 34.2. The van der Waals surface area contributed by atoms with E-state index >= 15 is 0 Å². The number of methoxy groups -OCH3 is 2. The molecule has 17 heteroatoms. The molecule has 2 saturated heterocycles. The highest BCUT2D eigenvalue weighted by Crippen LogP contribution is 2.38. The van der Waals surface area contributed by atoms with Crippen LogP contribution < -0.4 is 14.9 Å². The minimum atomic E-state index is -1.86. The van der Waals surface area contributed by atoms with Crippen LogP contribution in [0.4, 0.5) is 0 Å². The largest absolute Gasteiger partial charge is 0.507 e. The van der Waals surface area contributed by atoms with Crippen molar-refractivity contribution in [2.45, 2.75) is 68.0 Å². The number of hydrogen-bond acceptors (Lipinski definition) is 17. The molecule has 10 atom stereocenters. The smallest absolute Gasteiger partial charge is 0.238 e. The van der Waals surface area contributed by atoms with Crippen molar-refractivity contribution in [3.63, 3.8) is 0 Å². The molecule has 2 aliphatic rings. The number of rotatable bonds is 10. The summed E-state index contributed by atoms with van der Waals surface area (Å²) in [6, 6.07) is 7.02. The van der Waals surface area contributed by atoms with Gasteiger partial charge in [-0.2, -0.15) is 0 Å². The van der Waals surface area contributed by atoms with E-state index in [1.165, 1.54) is 38.5 Å². The molecule has 0 spiro atoms. The first-order chi connectivity index (χ1) is 22.4. The monoisotopic (exact) mass is 668 g/mol. The molecule has 1 aromatic heterocycles. The minimum Gasteiger partial charge on any atom is -0.507 e. The van der Waals surface area contributed by atoms with Gasteiger partial charge in [-0.05, 0) is 35.9 Å². The summed E-state index contributed by atoms with van der Waals surface area (Å²) >= 11 is 0. The highest BCUT2D eigenvalue weighted by Gasteiger charge is 2.51. The van der Waals surface area contributed by atoms with Gasteiger partial charge in [0.25, 0.3) is 0 Å². The molecule has 3 aromatic rings. The maximum absolute atomic E-state index is 13.1. The Kier molecular flexibility index (Phi) is 10.5. The Morgan fingerprint density at radius 2 is 1.40 bits per heavy atom. The van der Waals surface area contributed by atoms with Crippen LogP contribution >= 0.6 is 0 Å². The standard InChI is InChI=1S/C30H36O17/c1-41-14-4-3-12(7-15(14)42-2)27-25(39)22(36)19-13(33)5-11(6-16(19)44-27)10-43-30-28(24(38)21(35)18(9-32)46-30)47-29-26(40)23(37)20(34)17(8-31)45-29/h3-7,17-18,20-21,23-24,26,28-35,37-40H,8-10H2,1-2H3/t17-,18-,20-,21-,23+,24+,26-,28-,29+,30-/m1/s1. The van der Waals surface area contributed by atoms with Crippen LogP contribution in [0.1, 0.15) is 5.56 Å². The van der Waals surface area contributed by atoms with Crippen molar-refractivity contribution in [2.75, 3.05) is 27.4 Å². The maximum atomic E-state index is 13.1. The molecule has 0 amide bonds. The predicted molar refractivity (Wildman–Crippen MR) is 156 cm³/mol. The molecule has 2 aliphatic heterocycles. The van der Waals surface area contributed by atoms with E-state index in [-0.39, 0.29) is 27.9 Å². The fourth-order valence-corrected chi connectivity index (χ4v) is 5.45. The molecule has 0 saturated carbocycles. The van der Waals surface area contributed by atoms with Crippen LogP contribution in [0.5, 0.6) is 23.0 Å². The fourth-order valence-electron chi connectivity index (χ4n) is 5.45. The normalized spacial score (nSPS) is 31.2. The van der Waals surface area contributed by atoms with Crippen LogP contribution in [0.2, 0.25) is 0 Å². The van der Waals surface area contributed by atoms with E-state index < -0.39 is 98.2 Å². The first-order valence-electron chi connectivity index (χ1n) is 14.4. The molecule has 0 bridgehead atoms. The lowest BCUT2D eigenvalue weighted by molar-refractivity contribution is -0.368. The third kappa shape index (κ3) is 6.60. The topological polar surface area (TPSA) is 268 Å². The molecule has 47 heavy (non-hydrogen) atoms. The van der Waals surface area contributed by atoms with E-state index in [1.807, 2.05) is 0 Å². The van der Waals surface area contributed by atoms with Gasteiger partial charge < -0.3 is 78.8 Å². The minimum absolute atomic E-state index is 0.140. The summed E-state index contributed by atoms with van der Waals surface area (Å²) in [6.45, 7) is -1.91. The SMILES string of the molecule is COc1ccc(-c2oc3cc(CO[C@@H]4O[C@H](CO)[C@@H](O)[C@H](O)[C@H]4O[C@@H]4O[C@H](CO)[C@@H](O)[C@H](O)[C@H]4O)cc(O)c3c(=O)c2O)cc1OC. The summed E-state index contributed by atoms with van der Waals surface area (Å²) in [7, 11) is 2.84. The molecule has 17 nitrogen and oxygen atoms in total. The number of phenolic OH excluding ortho intramolecular Hbond substituents is 1. The quantitative estimate of drug-likeness (QED) is 0.113. The molecule has 0 radical (unpaired) electrons. The third-order valence-corrected chi connectivity index (χ3v) is 8.03. The van der Waals surface area contributed by atoms with E-state index in [9.17, 15) is 50.8 Å². The Balaban J connectivity index is 1.44. The Morgan fingerprint density at radius 3 is 2.04 bits per heavy atom. The van der Waals surface area contributed by atoms with Crippen molar-refractivity contribution in [2.24, 2.45) is 0 Å². The van der Waals surface area contributed by atoms with Crippen LogP contribution in [0.15, 0.2) is 39.5 Å². The summed E-state index contributed by atoms with van der Waals surface area (Å²) in [4.78, 5) is 13.1. The molecule has 0 aliphatic carbocycles. The Hall–Kier alpha value is -3.59. The zero-order valence-electron chi connectivity index (χ0n) is 25.1. The van der Waals surface area contributed by atoms with Gasteiger partial charge >= 0.3 is 0 Å². The number of ether oxygens (including phenoxy) is 6. The van der Waals surface area contributed by atoms with E-state index in [1.54, 1.807) is 0 Å². The molecule has 5 rings (SSSR count). The Morgan fingerprint density at radius 1 is 0.766 bits per heavy atom. The van der Waals surface area contributed by atoms with Crippen LogP contribution in [0, 0.1) is 0 Å². The van der Waals surface area contributed by atoms with E-state index in [4.69, 9.17) is 32.8 Å². The van der Waals surface area contributed by atoms with Gasteiger partial charge in [-0.1, -0.05) is 0 Å². The molecule has 258 valence electrons. The van der Waals surface area contributed by atoms with Gasteiger partial charge in [-0.25, -0.2) is 0 Å². The molecule has 3 heterocycles. The number of aliphatic hydroxyl groups is 7. The second-order valence-electron chi connectivity index (χ2n) is 11.0. The van der Waals surface area contributed by atoms with Crippen molar-refractivity contribution in [3.05, 3.63) is 46.1 Å². The van der Waals surface area contributed by atoms with Crippen molar-refractivity contribution in [3.8, 4) is 34.3 Å². The Bertz CT molecular complexity index is 1610. The van der Waals surface area contributed by atoms with Gasteiger partial charge in [-0.15, -0.1) is 0 Å². The lowest BCUT2D eigenvalue weighted by atomic mass is 9.97. The number of phenols is 1. The predicted octanol–water partition coefficient (Wildman–Crippen LogP) is -1.97. The third-order valence-electron chi connectivity index (χ3n) is 8.03. The second kappa shape index (κ2) is 14.3. The number of hydrogen-bond donors (Lipinski definition) is 9. The number of benzene rings is 2. The molecular weight excluding hydrogens is 632 g/mol. The van der Waals surface area contributed by atoms with E-state index in [2.05, 4.69) is 0 Å².